The van der Waals surface area contributed by atoms with Crippen molar-refractivity contribution in [2.24, 2.45) is 5.73 Å². The molecule has 0 radical (unpaired) electrons. The van der Waals surface area contributed by atoms with Gasteiger partial charge in [-0.3, -0.25) is 0 Å². The Balaban J connectivity index is 0.000000207. The minimum Gasteiger partial charge on any atom is -0.400 e. The Morgan fingerprint density at radius 3 is 1.80 bits per heavy atom. The second-order valence-corrected chi connectivity index (χ2v) is 14.1. The number of pyridine rings is 2. The normalized spacial score (nSPS) is 19.9. The maximum atomic E-state index is 10.2. The molecule has 4 heterocycles. The van der Waals surface area contributed by atoms with Gasteiger partial charge in [0.05, 0.1) is 29.1 Å². The SMILES string of the molecule is CC#Cc1ccc(N2CC[C@H](O)C2)nc1Cc1ccccc1.CO.CO[C@H]1CN(c2ccc(C#CC3(N)CCCCC3)c(Cc3ccccc3)n2)C[C@H]1O. The van der Waals surface area contributed by atoms with E-state index in [9.17, 15) is 10.2 Å². The second kappa shape index (κ2) is 20.1. The van der Waals surface area contributed by atoms with Crippen LogP contribution in [0, 0.1) is 23.7 Å². The molecule has 4 aromatic rings. The number of nitrogens with two attached hydrogens (primary N) is 1. The minimum atomic E-state index is -0.503. The summed E-state index contributed by atoms with van der Waals surface area (Å²) in [5, 5.41) is 26.9. The van der Waals surface area contributed by atoms with E-state index in [4.69, 9.17) is 25.5 Å². The van der Waals surface area contributed by atoms with Crippen LogP contribution < -0.4 is 15.5 Å². The van der Waals surface area contributed by atoms with Gasteiger partial charge in [-0.05, 0) is 61.6 Å². The van der Waals surface area contributed by atoms with Crippen molar-refractivity contribution in [2.45, 2.75) is 82.1 Å². The lowest BCUT2D eigenvalue weighted by Gasteiger charge is -2.27. The summed E-state index contributed by atoms with van der Waals surface area (Å²) in [6.07, 6.45) is 6.84. The van der Waals surface area contributed by atoms with E-state index in [2.05, 4.69) is 57.7 Å². The first-order chi connectivity index (χ1) is 26.3. The van der Waals surface area contributed by atoms with Crippen molar-refractivity contribution in [1.29, 1.82) is 0 Å². The van der Waals surface area contributed by atoms with Crippen molar-refractivity contribution in [3.63, 3.8) is 0 Å². The van der Waals surface area contributed by atoms with Crippen molar-refractivity contribution in [3.05, 3.63) is 119 Å². The third kappa shape index (κ3) is 11.1. The first kappa shape index (κ1) is 40.4. The second-order valence-electron chi connectivity index (χ2n) is 14.1. The van der Waals surface area contributed by atoms with E-state index in [-0.39, 0.29) is 17.7 Å². The smallest absolute Gasteiger partial charge is 0.129 e. The molecule has 2 saturated heterocycles. The lowest BCUT2D eigenvalue weighted by Crippen LogP contribution is -2.40. The molecule has 0 amide bonds. The first-order valence-electron chi connectivity index (χ1n) is 19.0. The summed E-state index contributed by atoms with van der Waals surface area (Å²) >= 11 is 0. The summed E-state index contributed by atoms with van der Waals surface area (Å²) in [6, 6.07) is 28.7. The van der Waals surface area contributed by atoms with E-state index in [0.717, 1.165) is 86.3 Å². The maximum absolute atomic E-state index is 10.2. The van der Waals surface area contributed by atoms with Crippen LogP contribution in [0.1, 0.15) is 79.1 Å². The van der Waals surface area contributed by atoms with Gasteiger partial charge in [0.15, 0.2) is 0 Å². The number of aromatic nitrogens is 2. The molecule has 54 heavy (non-hydrogen) atoms. The molecule has 0 bridgehead atoms. The number of aliphatic hydroxyl groups excluding tert-OH is 3. The number of aliphatic hydroxyl groups is 3. The Morgan fingerprint density at radius 1 is 0.741 bits per heavy atom. The molecular weight excluding hydrogens is 675 g/mol. The molecule has 9 nitrogen and oxygen atoms in total. The molecule has 3 atom stereocenters. The summed E-state index contributed by atoms with van der Waals surface area (Å²) < 4.78 is 5.39. The van der Waals surface area contributed by atoms with Gasteiger partial charge in [-0.1, -0.05) is 97.7 Å². The maximum Gasteiger partial charge on any atom is 0.129 e. The molecule has 2 aromatic heterocycles. The molecule has 0 unspecified atom stereocenters. The molecule has 3 aliphatic rings. The van der Waals surface area contributed by atoms with Crippen LogP contribution in [0.5, 0.6) is 0 Å². The Labute approximate surface area is 321 Å². The van der Waals surface area contributed by atoms with Gasteiger partial charge < -0.3 is 35.6 Å². The highest BCUT2D eigenvalue weighted by Crippen LogP contribution is 2.27. The standard InChI is InChI=1S/C25H31N3O2.C19H20N2O.CH4O/c1-30-23-18-28(17-22(23)29)24-11-10-20(12-15-25(26)13-6-3-7-14-25)21(27-24)16-19-8-4-2-5-9-19;1-2-6-16-9-10-19(21-12-11-17(22)14-21)20-18(16)13-15-7-4-3-5-8-15;1-2/h2,4-5,8-11,22-23,29H,3,6-7,13-14,16-18,26H2,1H3;3-5,7-10,17,22H,11-14H2,1H3;2H,1H3/t22-,23+;17-;/m10./s1. The van der Waals surface area contributed by atoms with Gasteiger partial charge in [0, 0.05) is 64.4 Å². The van der Waals surface area contributed by atoms with E-state index in [1.54, 1.807) is 7.11 Å². The fourth-order valence-corrected chi connectivity index (χ4v) is 7.17. The zero-order valence-corrected chi connectivity index (χ0v) is 31.9. The van der Waals surface area contributed by atoms with E-state index < -0.39 is 6.10 Å². The quantitative estimate of drug-likeness (QED) is 0.192. The van der Waals surface area contributed by atoms with Crippen molar-refractivity contribution >= 4 is 11.6 Å². The number of hydrogen-bond donors (Lipinski definition) is 4. The molecule has 7 rings (SSSR count). The van der Waals surface area contributed by atoms with Crippen LogP contribution in [0.15, 0.2) is 84.9 Å². The Morgan fingerprint density at radius 2 is 1.30 bits per heavy atom. The predicted octanol–water partition coefficient (Wildman–Crippen LogP) is 5.10. The number of benzene rings is 2. The van der Waals surface area contributed by atoms with Gasteiger partial charge >= 0.3 is 0 Å². The van der Waals surface area contributed by atoms with Crippen LogP contribution in [0.2, 0.25) is 0 Å². The molecule has 284 valence electrons. The van der Waals surface area contributed by atoms with Crippen molar-refractivity contribution in [3.8, 4) is 23.7 Å². The van der Waals surface area contributed by atoms with Crippen molar-refractivity contribution in [2.75, 3.05) is 50.2 Å². The fourth-order valence-electron chi connectivity index (χ4n) is 7.17. The van der Waals surface area contributed by atoms with Crippen LogP contribution in [0.4, 0.5) is 11.6 Å². The molecule has 5 N–H and O–H groups in total. The largest absolute Gasteiger partial charge is 0.400 e. The number of rotatable bonds is 7. The number of nitrogens with zero attached hydrogens (tertiary/aromatic N) is 4. The van der Waals surface area contributed by atoms with E-state index >= 15 is 0 Å². The van der Waals surface area contributed by atoms with Gasteiger partial charge in [0.1, 0.15) is 17.7 Å². The highest BCUT2D eigenvalue weighted by atomic mass is 16.5. The van der Waals surface area contributed by atoms with E-state index in [0.29, 0.717) is 26.1 Å². The average Bonchev–Trinajstić information content (AvgIpc) is 3.82. The van der Waals surface area contributed by atoms with Crippen LogP contribution >= 0.6 is 0 Å². The molecule has 3 fully saturated rings. The number of anilines is 2. The highest BCUT2D eigenvalue weighted by Gasteiger charge is 2.32. The third-order valence-corrected chi connectivity index (χ3v) is 10.2. The number of methoxy groups -OCH3 is 1. The number of hydrogen-bond acceptors (Lipinski definition) is 9. The molecule has 0 spiro atoms. The van der Waals surface area contributed by atoms with Crippen molar-refractivity contribution < 1.29 is 20.1 Å². The fraction of sp³-hybridized carbons (Fsp3) is 0.422. The monoisotopic (exact) mass is 729 g/mol. The molecule has 2 aromatic carbocycles. The highest BCUT2D eigenvalue weighted by molar-refractivity contribution is 5.51. The van der Waals surface area contributed by atoms with Crippen LogP contribution in [-0.4, -0.2) is 89.5 Å². The Bertz CT molecular complexity index is 1890. The number of ether oxygens (including phenoxy) is 1. The van der Waals surface area contributed by atoms with Gasteiger partial charge in [0.2, 0.25) is 0 Å². The topological polar surface area (TPSA) is 128 Å². The van der Waals surface area contributed by atoms with Crippen LogP contribution in [-0.2, 0) is 17.6 Å². The summed E-state index contributed by atoms with van der Waals surface area (Å²) in [5.41, 5.74) is 12.4. The minimum absolute atomic E-state index is 0.188. The van der Waals surface area contributed by atoms with Crippen molar-refractivity contribution in [1.82, 2.24) is 9.97 Å². The predicted molar refractivity (Wildman–Crippen MR) is 216 cm³/mol. The Hall–Kier alpha value is -4.74. The summed E-state index contributed by atoms with van der Waals surface area (Å²) in [7, 11) is 2.64. The van der Waals surface area contributed by atoms with Gasteiger partial charge in [-0.2, -0.15) is 0 Å². The zero-order chi connectivity index (χ0) is 38.3. The van der Waals surface area contributed by atoms with E-state index in [1.807, 2.05) is 67.6 Å². The molecule has 2 aliphatic heterocycles. The third-order valence-electron chi connectivity index (χ3n) is 10.2. The van der Waals surface area contributed by atoms with Gasteiger partial charge in [0.25, 0.3) is 0 Å². The molecule has 9 heteroatoms. The first-order valence-corrected chi connectivity index (χ1v) is 19.0. The van der Waals surface area contributed by atoms with Gasteiger partial charge in [-0.15, -0.1) is 5.92 Å². The lowest BCUT2D eigenvalue weighted by molar-refractivity contribution is 0.0217. The molecule has 1 saturated carbocycles. The zero-order valence-electron chi connectivity index (χ0n) is 31.9. The van der Waals surface area contributed by atoms with E-state index in [1.165, 1.54) is 17.5 Å². The summed E-state index contributed by atoms with van der Waals surface area (Å²) in [4.78, 5) is 14.0. The molecule has 1 aliphatic carbocycles. The van der Waals surface area contributed by atoms with Crippen LogP contribution in [0.25, 0.3) is 0 Å². The van der Waals surface area contributed by atoms with Gasteiger partial charge in [-0.25, -0.2) is 9.97 Å². The summed E-state index contributed by atoms with van der Waals surface area (Å²) in [6.45, 7) is 4.52. The average molecular weight is 730 g/mol. The molecular formula is C45H55N5O4. The van der Waals surface area contributed by atoms with Crippen LogP contribution in [0.3, 0.4) is 0 Å². The number of β-amino-alcohol motifs (C(OH)–C–C–N with tert-alkyl or cyclic N) is 2. The summed E-state index contributed by atoms with van der Waals surface area (Å²) in [5.74, 6) is 14.6. The lowest BCUT2D eigenvalue weighted by atomic mass is 9.83. The Kier molecular flexibility index (Phi) is 15.0.